The molecule has 1 aliphatic heterocycles. The maximum absolute atomic E-state index is 12.7. The standard InChI is InChI=1S/C13H17ClF3N3O2S/c14-11-7-10(13(15,16)17)8-12(9-11)23(21,22)19-3-6-20-4-1-18-2-5-20/h7-9,18-19H,1-6H2. The zero-order chi connectivity index (χ0) is 17.1. The van der Waals surface area contributed by atoms with Crippen LogP contribution < -0.4 is 10.0 Å². The molecule has 1 heterocycles. The van der Waals surface area contributed by atoms with E-state index in [0.717, 1.165) is 32.2 Å². The van der Waals surface area contributed by atoms with Crippen LogP contribution in [0.1, 0.15) is 5.56 Å². The normalized spacial score (nSPS) is 17.4. The van der Waals surface area contributed by atoms with Crippen LogP contribution in [0.3, 0.4) is 0 Å². The molecule has 0 aromatic heterocycles. The quantitative estimate of drug-likeness (QED) is 0.824. The lowest BCUT2D eigenvalue weighted by molar-refractivity contribution is -0.137. The molecule has 10 heteroatoms. The first-order valence-electron chi connectivity index (χ1n) is 6.99. The van der Waals surface area contributed by atoms with Crippen LogP contribution in [0.2, 0.25) is 5.02 Å². The zero-order valence-corrected chi connectivity index (χ0v) is 13.7. The van der Waals surface area contributed by atoms with E-state index < -0.39 is 26.7 Å². The number of nitrogens with zero attached hydrogens (tertiary/aromatic N) is 1. The fraction of sp³-hybridized carbons (Fsp3) is 0.538. The third kappa shape index (κ3) is 5.32. The molecule has 1 saturated heterocycles. The summed E-state index contributed by atoms with van der Waals surface area (Å²) < 4.78 is 64.8. The summed E-state index contributed by atoms with van der Waals surface area (Å²) in [6, 6.07) is 2.28. The van der Waals surface area contributed by atoms with Crippen LogP contribution in [-0.2, 0) is 16.2 Å². The maximum atomic E-state index is 12.7. The third-order valence-electron chi connectivity index (χ3n) is 3.44. The van der Waals surface area contributed by atoms with Gasteiger partial charge in [0, 0.05) is 44.3 Å². The van der Waals surface area contributed by atoms with Gasteiger partial charge in [0.05, 0.1) is 10.5 Å². The molecule has 0 spiro atoms. The number of sulfonamides is 1. The van der Waals surface area contributed by atoms with Gasteiger partial charge in [-0.05, 0) is 18.2 Å². The second kappa shape index (κ2) is 7.35. The minimum Gasteiger partial charge on any atom is -0.314 e. The minimum atomic E-state index is -4.66. The summed E-state index contributed by atoms with van der Waals surface area (Å²) >= 11 is 5.61. The smallest absolute Gasteiger partial charge is 0.314 e. The Balaban J connectivity index is 2.05. The molecule has 2 rings (SSSR count). The SMILES string of the molecule is O=S(=O)(NCCN1CCNCC1)c1cc(Cl)cc(C(F)(F)F)c1. The molecule has 1 aromatic carbocycles. The van der Waals surface area contributed by atoms with Crippen molar-refractivity contribution in [1.82, 2.24) is 14.9 Å². The predicted octanol–water partition coefficient (Wildman–Crippen LogP) is 1.54. The molecule has 0 saturated carbocycles. The average molecular weight is 372 g/mol. The summed E-state index contributed by atoms with van der Waals surface area (Å²) in [6.45, 7) is 3.88. The van der Waals surface area contributed by atoms with E-state index in [9.17, 15) is 21.6 Å². The minimum absolute atomic E-state index is 0.121. The number of alkyl halides is 3. The molecular formula is C13H17ClF3N3O2S. The van der Waals surface area contributed by atoms with E-state index in [-0.39, 0.29) is 11.6 Å². The number of hydrogen-bond donors (Lipinski definition) is 2. The summed E-state index contributed by atoms with van der Waals surface area (Å²) in [7, 11) is -4.04. The molecule has 2 N–H and O–H groups in total. The Hall–Kier alpha value is -0.870. The molecule has 0 atom stereocenters. The van der Waals surface area contributed by atoms with E-state index in [1.807, 2.05) is 0 Å². The molecule has 0 amide bonds. The van der Waals surface area contributed by atoms with Crippen molar-refractivity contribution >= 4 is 21.6 Å². The van der Waals surface area contributed by atoms with Gasteiger partial charge >= 0.3 is 6.18 Å². The first kappa shape index (κ1) is 18.5. The molecule has 0 radical (unpaired) electrons. The Morgan fingerprint density at radius 1 is 1.22 bits per heavy atom. The van der Waals surface area contributed by atoms with Crippen molar-refractivity contribution in [2.75, 3.05) is 39.3 Å². The molecular weight excluding hydrogens is 355 g/mol. The van der Waals surface area contributed by atoms with Gasteiger partial charge < -0.3 is 5.32 Å². The molecule has 1 aromatic rings. The Bertz CT molecular complexity index is 646. The fourth-order valence-electron chi connectivity index (χ4n) is 2.24. The Kier molecular flexibility index (Phi) is 5.90. The van der Waals surface area contributed by atoms with Crippen molar-refractivity contribution in [2.45, 2.75) is 11.1 Å². The van der Waals surface area contributed by atoms with E-state index in [4.69, 9.17) is 11.6 Å². The van der Waals surface area contributed by atoms with Crippen LogP contribution in [0, 0.1) is 0 Å². The molecule has 130 valence electrons. The van der Waals surface area contributed by atoms with E-state index in [0.29, 0.717) is 18.7 Å². The summed E-state index contributed by atoms with van der Waals surface area (Å²) in [6.07, 6.45) is -4.66. The van der Waals surface area contributed by atoms with Crippen LogP contribution in [0.4, 0.5) is 13.2 Å². The van der Waals surface area contributed by atoms with Crippen molar-refractivity contribution in [3.05, 3.63) is 28.8 Å². The molecule has 5 nitrogen and oxygen atoms in total. The highest BCUT2D eigenvalue weighted by atomic mass is 35.5. The van der Waals surface area contributed by atoms with Crippen LogP contribution in [-0.4, -0.2) is 52.6 Å². The maximum Gasteiger partial charge on any atom is 0.416 e. The van der Waals surface area contributed by atoms with Crippen molar-refractivity contribution in [3.63, 3.8) is 0 Å². The lowest BCUT2D eigenvalue weighted by Gasteiger charge is -2.27. The van der Waals surface area contributed by atoms with Crippen molar-refractivity contribution < 1.29 is 21.6 Å². The fourth-order valence-corrected chi connectivity index (χ4v) is 3.63. The molecule has 0 unspecified atom stereocenters. The number of benzene rings is 1. The van der Waals surface area contributed by atoms with Gasteiger partial charge in [-0.25, -0.2) is 13.1 Å². The summed E-state index contributed by atoms with van der Waals surface area (Å²) in [5.74, 6) is 0. The second-order valence-corrected chi connectivity index (χ2v) is 7.37. The number of hydrogen-bond acceptors (Lipinski definition) is 4. The lowest BCUT2D eigenvalue weighted by Crippen LogP contribution is -2.46. The Morgan fingerprint density at radius 3 is 2.48 bits per heavy atom. The number of piperazine rings is 1. The van der Waals surface area contributed by atoms with Gasteiger partial charge in [-0.3, -0.25) is 4.90 Å². The van der Waals surface area contributed by atoms with Crippen LogP contribution >= 0.6 is 11.6 Å². The summed E-state index contributed by atoms with van der Waals surface area (Å²) in [4.78, 5) is 1.58. The largest absolute Gasteiger partial charge is 0.416 e. The van der Waals surface area contributed by atoms with Gasteiger partial charge in [0.2, 0.25) is 10.0 Å². The van der Waals surface area contributed by atoms with Crippen molar-refractivity contribution in [2.24, 2.45) is 0 Å². The Labute approximate surface area is 137 Å². The summed E-state index contributed by atoms with van der Waals surface area (Å²) in [5, 5.41) is 2.90. The van der Waals surface area contributed by atoms with Gasteiger partial charge in [-0.1, -0.05) is 11.6 Å². The highest BCUT2D eigenvalue weighted by Crippen LogP contribution is 2.32. The summed E-state index contributed by atoms with van der Waals surface area (Å²) in [5.41, 5.74) is -1.09. The highest BCUT2D eigenvalue weighted by Gasteiger charge is 2.32. The van der Waals surface area contributed by atoms with E-state index in [1.165, 1.54) is 0 Å². The number of rotatable bonds is 5. The number of halogens is 4. The lowest BCUT2D eigenvalue weighted by atomic mass is 10.2. The average Bonchev–Trinajstić information content (AvgIpc) is 2.46. The van der Waals surface area contributed by atoms with Gasteiger partial charge in [-0.15, -0.1) is 0 Å². The molecule has 1 fully saturated rings. The molecule has 0 bridgehead atoms. The van der Waals surface area contributed by atoms with Crippen LogP contribution in [0.25, 0.3) is 0 Å². The van der Waals surface area contributed by atoms with Crippen molar-refractivity contribution in [3.8, 4) is 0 Å². The first-order valence-corrected chi connectivity index (χ1v) is 8.85. The topological polar surface area (TPSA) is 61.4 Å². The zero-order valence-electron chi connectivity index (χ0n) is 12.2. The van der Waals surface area contributed by atoms with Gasteiger partial charge in [0.15, 0.2) is 0 Å². The third-order valence-corrected chi connectivity index (χ3v) is 5.10. The van der Waals surface area contributed by atoms with Gasteiger partial charge in [0.25, 0.3) is 0 Å². The van der Waals surface area contributed by atoms with Gasteiger partial charge in [0.1, 0.15) is 0 Å². The monoisotopic (exact) mass is 371 g/mol. The first-order chi connectivity index (χ1) is 10.7. The second-order valence-electron chi connectivity index (χ2n) is 5.16. The predicted molar refractivity (Wildman–Crippen MR) is 81.0 cm³/mol. The van der Waals surface area contributed by atoms with Crippen molar-refractivity contribution in [1.29, 1.82) is 0 Å². The van der Waals surface area contributed by atoms with E-state index >= 15 is 0 Å². The van der Waals surface area contributed by atoms with Gasteiger partial charge in [-0.2, -0.15) is 13.2 Å². The number of nitrogens with one attached hydrogen (secondary N) is 2. The van der Waals surface area contributed by atoms with E-state index in [1.54, 1.807) is 0 Å². The molecule has 0 aliphatic carbocycles. The molecule has 23 heavy (non-hydrogen) atoms. The van der Waals surface area contributed by atoms with E-state index in [2.05, 4.69) is 14.9 Å². The van der Waals surface area contributed by atoms with Crippen LogP contribution in [0.5, 0.6) is 0 Å². The van der Waals surface area contributed by atoms with Crippen LogP contribution in [0.15, 0.2) is 23.1 Å². The molecule has 1 aliphatic rings. The Morgan fingerprint density at radius 2 is 1.87 bits per heavy atom. The highest BCUT2D eigenvalue weighted by molar-refractivity contribution is 7.89.